The molecule has 0 atom stereocenters. The van der Waals surface area contributed by atoms with Crippen LogP contribution >= 0.6 is 58.2 Å². The van der Waals surface area contributed by atoms with E-state index in [0.29, 0.717) is 36.9 Å². The summed E-state index contributed by atoms with van der Waals surface area (Å²) in [6.07, 6.45) is 7.15. The van der Waals surface area contributed by atoms with Crippen LogP contribution in [0.2, 0.25) is 5.02 Å². The Bertz CT molecular complexity index is 1400. The van der Waals surface area contributed by atoms with Crippen LogP contribution in [0, 0.1) is 5.39 Å². The van der Waals surface area contributed by atoms with Gasteiger partial charge in [-0.1, -0.05) is 47.3 Å². The molecule has 5 rings (SSSR count). The van der Waals surface area contributed by atoms with E-state index in [1.807, 2.05) is 12.5 Å². The minimum Gasteiger partial charge on any atom is -0.506 e. The van der Waals surface area contributed by atoms with E-state index < -0.39 is 0 Å². The van der Waals surface area contributed by atoms with Gasteiger partial charge in [0.15, 0.2) is 26.6 Å². The van der Waals surface area contributed by atoms with Crippen LogP contribution in [-0.4, -0.2) is 46.3 Å². The lowest BCUT2D eigenvalue weighted by atomic mass is 10.3. The van der Waals surface area contributed by atoms with E-state index >= 15 is 0 Å². The fourth-order valence-corrected chi connectivity index (χ4v) is 4.14. The summed E-state index contributed by atoms with van der Waals surface area (Å²) in [5, 5.41) is 21.8. The first-order valence-corrected chi connectivity index (χ1v) is 13.2. The number of anilines is 1. The number of para-hydroxylation sites is 1. The van der Waals surface area contributed by atoms with Gasteiger partial charge < -0.3 is 10.8 Å². The van der Waals surface area contributed by atoms with Crippen molar-refractivity contribution in [2.24, 2.45) is 0 Å². The molecule has 0 spiro atoms. The molecule has 4 heterocycles. The first-order chi connectivity index (χ1) is 16.0. The summed E-state index contributed by atoms with van der Waals surface area (Å²) in [7, 11) is 0. The van der Waals surface area contributed by atoms with Crippen LogP contribution in [0.5, 0.6) is 5.75 Å². The lowest BCUT2D eigenvalue weighted by Crippen LogP contribution is -1.86. The molecule has 15 heteroatoms. The van der Waals surface area contributed by atoms with Crippen LogP contribution < -0.4 is 5.73 Å². The van der Waals surface area contributed by atoms with Crippen molar-refractivity contribution in [2.45, 2.75) is 10.3 Å². The number of phenols is 1. The molecule has 0 unspecified atom stereocenters. The molecule has 1 aromatic carbocycles. The number of diazo groups is 1. The molecule has 5 aromatic rings. The zero-order chi connectivity index (χ0) is 23.8. The number of aromatic hydroxyl groups is 1. The van der Waals surface area contributed by atoms with Crippen LogP contribution in [-0.2, 0) is 0 Å². The van der Waals surface area contributed by atoms with Crippen molar-refractivity contribution in [2.75, 3.05) is 18.2 Å². The number of thioether (sulfide) groups is 2. The van der Waals surface area contributed by atoms with Crippen molar-refractivity contribution < 1.29 is 5.11 Å². The summed E-state index contributed by atoms with van der Waals surface area (Å²) in [5.41, 5.74) is 6.91. The van der Waals surface area contributed by atoms with Gasteiger partial charge in [-0.25, -0.2) is 19.9 Å². The molecule has 0 aliphatic heterocycles. The van der Waals surface area contributed by atoms with Gasteiger partial charge in [0.05, 0.1) is 28.1 Å². The van der Waals surface area contributed by atoms with Crippen LogP contribution in [0.25, 0.3) is 27.0 Å². The summed E-state index contributed by atoms with van der Waals surface area (Å²) in [6.45, 7) is 0. The second-order valence-corrected chi connectivity index (χ2v) is 9.28. The normalized spacial score (nSPS) is 10.1. The van der Waals surface area contributed by atoms with Gasteiger partial charge in [-0.15, -0.1) is 0 Å². The maximum absolute atomic E-state index is 8.79. The van der Waals surface area contributed by atoms with Gasteiger partial charge in [0.1, 0.15) is 16.1 Å². The Morgan fingerprint density at radius 2 is 1.55 bits per heavy atom. The Balaban J connectivity index is 0.000000143. The molecule has 0 radical (unpaired) electrons. The Labute approximate surface area is 209 Å². The molecule has 4 aromatic heterocycles. The number of aromatic nitrogens is 6. The minimum atomic E-state index is 0.133. The standard InChI is InChI=1S/C6H5ClO.C6H4N5S2.C6H6N4S2/c7-5-3-1-2-4-6(5)8;1-12-6-8-2-3-4(9-6)11-13-5(3)10-7;1-11-6-8-2-3-4(7)12-10-5(3)9-6/h1-4,8H;2H,1H3;2H,7H2,1H3/q;+1;. The predicted octanol–water partition coefficient (Wildman–Crippen LogP) is 5.73. The van der Waals surface area contributed by atoms with Crippen molar-refractivity contribution in [1.82, 2.24) is 28.7 Å². The van der Waals surface area contributed by atoms with Gasteiger partial charge in [0.25, 0.3) is 0 Å². The number of hydrogen-bond acceptors (Lipinski definition) is 13. The third-order valence-electron chi connectivity index (χ3n) is 3.75. The first-order valence-electron chi connectivity index (χ1n) is 8.83. The average molecular weight is 537 g/mol. The van der Waals surface area contributed by atoms with Gasteiger partial charge in [-0.2, -0.15) is 8.75 Å². The highest BCUT2D eigenvalue weighted by molar-refractivity contribution is 7.98. The van der Waals surface area contributed by atoms with Crippen molar-refractivity contribution >= 4 is 90.3 Å². The highest BCUT2D eigenvalue weighted by Crippen LogP contribution is 2.29. The predicted molar refractivity (Wildman–Crippen MR) is 136 cm³/mol. The Morgan fingerprint density at radius 1 is 0.970 bits per heavy atom. The van der Waals surface area contributed by atoms with Crippen LogP contribution in [0.4, 0.5) is 10.0 Å². The number of phenolic OH excluding ortho intramolecular Hbond substituents is 1. The molecule has 0 saturated carbocycles. The summed E-state index contributed by atoms with van der Waals surface area (Å²) in [5.74, 6) is 0.133. The fourth-order valence-electron chi connectivity index (χ4n) is 2.18. The largest absolute Gasteiger partial charge is 0.506 e. The van der Waals surface area contributed by atoms with E-state index in [0.717, 1.165) is 22.1 Å². The van der Waals surface area contributed by atoms with E-state index in [9.17, 15) is 0 Å². The minimum absolute atomic E-state index is 0.133. The summed E-state index contributed by atoms with van der Waals surface area (Å²) in [4.78, 5) is 19.6. The fraction of sp³-hybridized carbons (Fsp3) is 0.111. The summed E-state index contributed by atoms with van der Waals surface area (Å²) >= 11 is 10.8. The smallest absolute Gasteiger partial charge is 0.470 e. The number of benzene rings is 1. The lowest BCUT2D eigenvalue weighted by Gasteiger charge is -1.92. The monoisotopic (exact) mass is 536 g/mol. The van der Waals surface area contributed by atoms with Gasteiger partial charge >= 0.3 is 5.00 Å². The summed E-state index contributed by atoms with van der Waals surface area (Å²) < 4.78 is 8.10. The Morgan fingerprint density at radius 3 is 2.09 bits per heavy atom. The second-order valence-electron chi connectivity index (χ2n) is 5.77. The quantitative estimate of drug-likeness (QED) is 0.161. The number of halogens is 1. The van der Waals surface area contributed by atoms with Crippen molar-refractivity contribution in [3.63, 3.8) is 0 Å². The lowest BCUT2D eigenvalue weighted by molar-refractivity contribution is 0.475. The molecular formula is C18H15ClN9OS4+. The zero-order valence-corrected chi connectivity index (χ0v) is 21.1. The van der Waals surface area contributed by atoms with Crippen LogP contribution in [0.1, 0.15) is 0 Å². The van der Waals surface area contributed by atoms with Gasteiger partial charge in [0, 0.05) is 6.20 Å². The molecule has 33 heavy (non-hydrogen) atoms. The average Bonchev–Trinajstić information content (AvgIpc) is 3.44. The highest BCUT2D eigenvalue weighted by Gasteiger charge is 2.18. The number of nitrogen functional groups attached to an aromatic ring is 1. The SMILES string of the molecule is CSc1ncc2c(N)snc2n1.CSc1ncc2c([N+]#N)snc2n1.Oc1ccccc1Cl. The highest BCUT2D eigenvalue weighted by atomic mass is 35.5. The van der Waals surface area contributed by atoms with E-state index in [1.54, 1.807) is 36.7 Å². The number of nitrogens with two attached hydrogens (primary N) is 1. The van der Waals surface area contributed by atoms with Gasteiger partial charge in [0.2, 0.25) is 5.39 Å². The van der Waals surface area contributed by atoms with Crippen molar-refractivity contribution in [3.05, 3.63) is 46.7 Å². The first kappa shape index (κ1) is 24.8. The topological polar surface area (TPSA) is 152 Å². The molecule has 10 nitrogen and oxygen atoms in total. The number of rotatable bonds is 2. The Hall–Kier alpha value is -2.83. The molecule has 0 bridgehead atoms. The number of hydrogen-bond donors (Lipinski definition) is 2. The van der Waals surface area contributed by atoms with Gasteiger partial charge in [-0.05, 0) is 36.2 Å². The maximum atomic E-state index is 8.79. The molecule has 0 fully saturated rings. The second kappa shape index (κ2) is 11.9. The third-order valence-corrected chi connectivity index (χ3v) is 6.61. The van der Waals surface area contributed by atoms with Crippen molar-refractivity contribution in [1.29, 1.82) is 5.39 Å². The van der Waals surface area contributed by atoms with E-state index in [4.69, 9.17) is 27.8 Å². The molecule has 0 aliphatic carbocycles. The van der Waals surface area contributed by atoms with Crippen molar-refractivity contribution in [3.8, 4) is 5.75 Å². The van der Waals surface area contributed by atoms with E-state index in [1.165, 1.54) is 35.1 Å². The molecule has 168 valence electrons. The number of fused-ring (bicyclic) bond motifs is 2. The summed E-state index contributed by atoms with van der Waals surface area (Å²) in [6, 6.07) is 6.67. The molecule has 0 amide bonds. The Kier molecular flexibility index (Phi) is 8.92. The number of nitrogens with zero attached hydrogens (tertiary/aromatic N) is 8. The molecule has 0 aliphatic rings. The van der Waals surface area contributed by atoms with E-state index in [2.05, 4.69) is 33.7 Å². The van der Waals surface area contributed by atoms with E-state index in [-0.39, 0.29) is 5.75 Å². The molecule has 3 N–H and O–H groups in total. The molecular weight excluding hydrogens is 522 g/mol. The maximum Gasteiger partial charge on any atom is 0.470 e. The zero-order valence-electron chi connectivity index (χ0n) is 17.1. The molecule has 0 saturated heterocycles. The van der Waals surface area contributed by atoms with Crippen LogP contribution in [0.3, 0.4) is 0 Å². The van der Waals surface area contributed by atoms with Gasteiger partial charge in [-0.3, -0.25) is 0 Å². The van der Waals surface area contributed by atoms with Crippen LogP contribution in [0.15, 0.2) is 47.0 Å². The third kappa shape index (κ3) is 6.36.